The zero-order chi connectivity index (χ0) is 27.4. The van der Waals surface area contributed by atoms with Crippen LogP contribution in [0.5, 0.6) is 5.75 Å². The van der Waals surface area contributed by atoms with Crippen molar-refractivity contribution in [3.05, 3.63) is 94.9 Å². The Bertz CT molecular complexity index is 1440. The van der Waals surface area contributed by atoms with E-state index < -0.39 is 5.97 Å². The Hall–Kier alpha value is -3.88. The van der Waals surface area contributed by atoms with Crippen LogP contribution in [0.2, 0.25) is 0 Å². The molecule has 1 unspecified atom stereocenters. The van der Waals surface area contributed by atoms with Crippen LogP contribution in [0.1, 0.15) is 35.3 Å². The molecule has 3 heterocycles. The van der Waals surface area contributed by atoms with E-state index in [0.717, 1.165) is 58.4 Å². The summed E-state index contributed by atoms with van der Waals surface area (Å²) in [6.07, 6.45) is 1.04. The molecule has 8 heteroatoms. The Morgan fingerprint density at radius 1 is 1.10 bits per heavy atom. The lowest BCUT2D eigenvalue weighted by Gasteiger charge is -2.34. The third kappa shape index (κ3) is 5.92. The number of ether oxygens (including phenoxy) is 1. The van der Waals surface area contributed by atoms with Crippen molar-refractivity contribution in [3.63, 3.8) is 0 Å². The van der Waals surface area contributed by atoms with Gasteiger partial charge in [-0.15, -0.1) is 0 Å². The summed E-state index contributed by atoms with van der Waals surface area (Å²) in [5.41, 5.74) is 7.11. The van der Waals surface area contributed by atoms with Gasteiger partial charge in [0.2, 0.25) is 0 Å². The van der Waals surface area contributed by atoms with Crippen LogP contribution in [0.15, 0.2) is 66.7 Å². The Morgan fingerprint density at radius 3 is 2.56 bits per heavy atom. The third-order valence-electron chi connectivity index (χ3n) is 7.60. The molecular weight excluding hydrogens is 495 g/mol. The lowest BCUT2D eigenvalue weighted by atomic mass is 9.93. The Kier molecular flexibility index (Phi) is 8.14. The molecule has 204 valence electrons. The highest BCUT2D eigenvalue weighted by Crippen LogP contribution is 2.34. The number of carbonyl (C=O) groups excluding carboxylic acids is 1. The molecule has 2 aliphatic heterocycles. The number of fused-ring (bicyclic) bond motifs is 3. The first-order valence-corrected chi connectivity index (χ1v) is 13.4. The number of benzene rings is 3. The van der Waals surface area contributed by atoms with Crippen molar-refractivity contribution >= 4 is 22.6 Å². The topological polar surface area (TPSA) is 84.9 Å². The van der Waals surface area contributed by atoms with E-state index in [1.165, 1.54) is 38.2 Å². The highest BCUT2D eigenvalue weighted by atomic mass is 19.1. The van der Waals surface area contributed by atoms with E-state index in [1.54, 1.807) is 19.2 Å². The number of nitrogens with zero attached hydrogens (tertiary/aromatic N) is 1. The molecule has 6 rings (SSSR count). The van der Waals surface area contributed by atoms with Gasteiger partial charge >= 0.3 is 0 Å². The second kappa shape index (κ2) is 11.9. The maximum Gasteiger partial charge on any atom is 0.146 e. The van der Waals surface area contributed by atoms with Gasteiger partial charge in [0, 0.05) is 34.7 Å². The SMILES string of the molecule is CC(=O)[O-].COc1ccc(C2NCCc3c2[nH]c2ccccc32)cc1C[NH+]1CCN(c2ccccc2F)CC1. The van der Waals surface area contributed by atoms with Crippen LogP contribution in [-0.2, 0) is 17.8 Å². The lowest BCUT2D eigenvalue weighted by molar-refractivity contribution is -0.914. The summed E-state index contributed by atoms with van der Waals surface area (Å²) in [6.45, 7) is 6.46. The van der Waals surface area contributed by atoms with Gasteiger partial charge in [-0.3, -0.25) is 0 Å². The maximum atomic E-state index is 14.2. The molecule has 39 heavy (non-hydrogen) atoms. The van der Waals surface area contributed by atoms with Crippen molar-refractivity contribution in [2.45, 2.75) is 25.9 Å². The summed E-state index contributed by atoms with van der Waals surface area (Å²) in [5, 5.41) is 14.0. The molecule has 0 aliphatic carbocycles. The number of aromatic nitrogens is 1. The molecule has 1 fully saturated rings. The average Bonchev–Trinajstić information content (AvgIpc) is 3.33. The van der Waals surface area contributed by atoms with E-state index in [9.17, 15) is 4.39 Å². The van der Waals surface area contributed by atoms with Crippen LogP contribution in [-0.4, -0.2) is 50.8 Å². The van der Waals surface area contributed by atoms with Crippen molar-refractivity contribution in [3.8, 4) is 5.75 Å². The number of hydrogen-bond donors (Lipinski definition) is 3. The zero-order valence-electron chi connectivity index (χ0n) is 22.4. The Morgan fingerprint density at radius 2 is 1.82 bits per heavy atom. The number of carbonyl (C=O) groups is 1. The first-order valence-electron chi connectivity index (χ1n) is 13.4. The van der Waals surface area contributed by atoms with Crippen molar-refractivity contribution < 1.29 is 23.9 Å². The predicted octanol–water partition coefficient (Wildman–Crippen LogP) is 2.21. The monoisotopic (exact) mass is 530 g/mol. The fourth-order valence-corrected chi connectivity index (χ4v) is 5.80. The second-order valence-corrected chi connectivity index (χ2v) is 10.1. The van der Waals surface area contributed by atoms with Gasteiger partial charge in [-0.1, -0.05) is 36.4 Å². The van der Waals surface area contributed by atoms with Gasteiger partial charge in [-0.2, -0.15) is 0 Å². The number of hydrogen-bond acceptors (Lipinski definition) is 5. The highest BCUT2D eigenvalue weighted by Gasteiger charge is 2.27. The number of piperazine rings is 1. The average molecular weight is 531 g/mol. The molecule has 7 nitrogen and oxygen atoms in total. The molecule has 0 spiro atoms. The number of methoxy groups -OCH3 is 1. The van der Waals surface area contributed by atoms with Gasteiger partial charge in [0.25, 0.3) is 0 Å². The van der Waals surface area contributed by atoms with Gasteiger partial charge in [-0.25, -0.2) is 4.39 Å². The molecule has 0 saturated carbocycles. The molecule has 3 aromatic carbocycles. The molecule has 0 radical (unpaired) electrons. The number of anilines is 1. The van der Waals surface area contributed by atoms with Crippen molar-refractivity contribution in [1.29, 1.82) is 0 Å². The smallest absolute Gasteiger partial charge is 0.146 e. The summed E-state index contributed by atoms with van der Waals surface area (Å²) >= 11 is 0. The van der Waals surface area contributed by atoms with Crippen molar-refractivity contribution in [1.82, 2.24) is 10.3 Å². The van der Waals surface area contributed by atoms with E-state index in [0.29, 0.717) is 5.69 Å². The maximum absolute atomic E-state index is 14.2. The minimum absolute atomic E-state index is 0.137. The molecular formula is C31H35FN4O3. The third-order valence-corrected chi connectivity index (χ3v) is 7.60. The summed E-state index contributed by atoms with van der Waals surface area (Å²) in [6, 6.07) is 22.4. The van der Waals surface area contributed by atoms with E-state index in [2.05, 4.69) is 57.7 Å². The zero-order valence-corrected chi connectivity index (χ0v) is 22.4. The molecule has 0 bridgehead atoms. The van der Waals surface area contributed by atoms with Crippen LogP contribution in [0, 0.1) is 5.82 Å². The Balaban J connectivity index is 0.000000723. The number of para-hydroxylation sites is 2. The highest BCUT2D eigenvalue weighted by molar-refractivity contribution is 5.85. The summed E-state index contributed by atoms with van der Waals surface area (Å²) < 4.78 is 20.0. The largest absolute Gasteiger partial charge is 0.550 e. The minimum atomic E-state index is -1.08. The first-order chi connectivity index (χ1) is 18.9. The number of H-pyrrole nitrogens is 1. The van der Waals surface area contributed by atoms with E-state index in [-0.39, 0.29) is 11.9 Å². The van der Waals surface area contributed by atoms with Crippen LogP contribution in [0.25, 0.3) is 10.9 Å². The first kappa shape index (κ1) is 26.7. The Labute approximate surface area is 228 Å². The van der Waals surface area contributed by atoms with Crippen LogP contribution in [0.4, 0.5) is 10.1 Å². The number of aromatic amines is 1. The van der Waals surface area contributed by atoms with E-state index >= 15 is 0 Å². The predicted molar refractivity (Wildman–Crippen MR) is 149 cm³/mol. The summed E-state index contributed by atoms with van der Waals surface area (Å²) in [4.78, 5) is 16.2. The fraction of sp³-hybridized carbons (Fsp3) is 0.323. The van der Waals surface area contributed by atoms with Crippen LogP contribution in [0.3, 0.4) is 0 Å². The lowest BCUT2D eigenvalue weighted by Crippen LogP contribution is -3.13. The van der Waals surface area contributed by atoms with Crippen LogP contribution < -0.4 is 25.0 Å². The van der Waals surface area contributed by atoms with Crippen molar-refractivity contribution in [2.75, 3.05) is 44.7 Å². The van der Waals surface area contributed by atoms with Gasteiger partial charge in [0.05, 0.1) is 45.0 Å². The number of quaternary nitrogens is 1. The number of carboxylic acids is 1. The van der Waals surface area contributed by atoms with Gasteiger partial charge in [0.15, 0.2) is 0 Å². The molecule has 3 N–H and O–H groups in total. The molecule has 0 amide bonds. The van der Waals surface area contributed by atoms with Gasteiger partial charge in [0.1, 0.15) is 18.1 Å². The summed E-state index contributed by atoms with van der Waals surface area (Å²) in [5.74, 6) is -0.285. The molecule has 4 aromatic rings. The number of nitrogens with one attached hydrogen (secondary N) is 3. The quantitative estimate of drug-likeness (QED) is 0.369. The van der Waals surface area contributed by atoms with E-state index in [4.69, 9.17) is 14.6 Å². The molecule has 2 aliphatic rings. The fourth-order valence-electron chi connectivity index (χ4n) is 5.80. The minimum Gasteiger partial charge on any atom is -0.550 e. The number of aliphatic carboxylic acids is 1. The standard InChI is InChI=1S/C29H31FN4O.C2H4O2/c1-35-27-11-10-20(28-29-23(12-13-31-28)22-6-2-4-8-25(22)32-29)18-21(27)19-33-14-16-34(17-15-33)26-9-5-3-7-24(26)30;1-2(3)4/h2-11,18,28,31-32H,12-17,19H2,1H3;1H3,(H,3,4). The number of rotatable bonds is 5. The van der Waals surface area contributed by atoms with Crippen LogP contribution >= 0.6 is 0 Å². The summed E-state index contributed by atoms with van der Waals surface area (Å²) in [7, 11) is 1.75. The van der Waals surface area contributed by atoms with Gasteiger partial charge in [-0.05, 0) is 54.8 Å². The second-order valence-electron chi connectivity index (χ2n) is 10.1. The number of carboxylic acid groups (broad SMARTS) is 1. The normalized spacial score (nSPS) is 17.3. The molecule has 1 atom stereocenters. The molecule has 1 saturated heterocycles. The van der Waals surface area contributed by atoms with E-state index in [1.807, 2.05) is 12.1 Å². The molecule has 1 aromatic heterocycles. The van der Waals surface area contributed by atoms with Gasteiger partial charge < -0.3 is 34.7 Å². The number of halogens is 1. The van der Waals surface area contributed by atoms with Crippen molar-refractivity contribution in [2.24, 2.45) is 0 Å².